The van der Waals surface area contributed by atoms with Gasteiger partial charge in [-0.25, -0.2) is 0 Å². The van der Waals surface area contributed by atoms with Gasteiger partial charge in [-0.3, -0.25) is 0 Å². The first-order valence-electron chi connectivity index (χ1n) is 14.3. The van der Waals surface area contributed by atoms with E-state index in [9.17, 15) is 176 Å². The van der Waals surface area contributed by atoms with Crippen LogP contribution in [-0.4, -0.2) is 118 Å². The molecular formula is C24H10F40. The Bertz CT molecular complexity index is 1680. The predicted octanol–water partition coefficient (Wildman–Crippen LogP) is 14.4. The standard InChI is InChI=1S/C24H10F40/c1-4(2)6(27,28)8(31,32)10(35,36)12(39,40)14(43,44)16(47,48)18(51,52)20(55,56)22(59,60)24(63,64)23(61,62)21(57,58)19(53,54)17(49,50)15(45,46)13(41,42)11(37,38)9(33,34)7(29,30)5(3,25)26/h4H,1-3H3. The highest BCUT2D eigenvalue weighted by molar-refractivity contribution is 5.23. The van der Waals surface area contributed by atoms with Crippen LogP contribution in [-0.2, 0) is 0 Å². The molecule has 0 spiro atoms. The summed E-state index contributed by atoms with van der Waals surface area (Å²) in [7, 11) is 0. The molecule has 0 radical (unpaired) electrons. The van der Waals surface area contributed by atoms with Crippen LogP contribution in [0.2, 0.25) is 0 Å². The Balaban J connectivity index is 8.01. The van der Waals surface area contributed by atoms with Crippen molar-refractivity contribution in [3.63, 3.8) is 0 Å². The Hall–Kier alpha value is -2.80. The molecule has 40 heteroatoms. The minimum absolute atomic E-state index is 0.466. The van der Waals surface area contributed by atoms with Crippen LogP contribution < -0.4 is 0 Å². The summed E-state index contributed by atoms with van der Waals surface area (Å²) in [5.74, 6) is -196. The molecule has 0 aliphatic rings. The van der Waals surface area contributed by atoms with Gasteiger partial charge in [0.05, 0.1) is 0 Å². The Kier molecular flexibility index (Phi) is 14.0. The Morgan fingerprint density at radius 1 is 0.172 bits per heavy atom. The molecule has 0 saturated carbocycles. The van der Waals surface area contributed by atoms with E-state index in [4.69, 9.17) is 0 Å². The first-order chi connectivity index (χ1) is 26.7. The highest BCUT2D eigenvalue weighted by Crippen LogP contribution is 2.71. The lowest BCUT2D eigenvalue weighted by atomic mass is 9.81. The Morgan fingerprint density at radius 2 is 0.266 bits per heavy atom. The summed E-state index contributed by atoms with van der Waals surface area (Å²) in [6.07, 6.45) is 0. The fourth-order valence-electron chi connectivity index (χ4n) is 4.00. The summed E-state index contributed by atoms with van der Waals surface area (Å²) < 4.78 is 551. The summed E-state index contributed by atoms with van der Waals surface area (Å²) in [6, 6.07) is 0. The van der Waals surface area contributed by atoms with Crippen molar-refractivity contribution in [1.82, 2.24) is 0 Å². The van der Waals surface area contributed by atoms with E-state index in [1.807, 2.05) is 0 Å². The van der Waals surface area contributed by atoms with Gasteiger partial charge >= 0.3 is 118 Å². The fourth-order valence-corrected chi connectivity index (χ4v) is 4.00. The third-order valence-electron chi connectivity index (χ3n) is 8.40. The van der Waals surface area contributed by atoms with E-state index in [2.05, 4.69) is 0 Å². The number of hydrogen-bond acceptors (Lipinski definition) is 0. The van der Waals surface area contributed by atoms with Gasteiger partial charge < -0.3 is 0 Å². The number of rotatable bonds is 20. The molecule has 0 unspecified atom stereocenters. The largest absolute Gasteiger partial charge is 0.385 e. The zero-order chi connectivity index (χ0) is 53.6. The average Bonchev–Trinajstić information content (AvgIpc) is 3.05. The second kappa shape index (κ2) is 14.6. The highest BCUT2D eigenvalue weighted by Gasteiger charge is 3.03. The summed E-state index contributed by atoms with van der Waals surface area (Å²) in [4.78, 5) is 0. The molecule has 0 aliphatic carbocycles. The first-order valence-corrected chi connectivity index (χ1v) is 14.3. The van der Waals surface area contributed by atoms with Crippen molar-refractivity contribution in [2.24, 2.45) is 5.92 Å². The van der Waals surface area contributed by atoms with Gasteiger partial charge in [0.25, 0.3) is 0 Å². The molecule has 0 aromatic heterocycles. The van der Waals surface area contributed by atoms with E-state index in [1.165, 1.54) is 0 Å². The third-order valence-corrected chi connectivity index (χ3v) is 8.40. The Morgan fingerprint density at radius 3 is 0.359 bits per heavy atom. The molecule has 0 saturated heterocycles. The van der Waals surface area contributed by atoms with Crippen molar-refractivity contribution < 1.29 is 176 Å². The molecule has 0 nitrogen and oxygen atoms in total. The van der Waals surface area contributed by atoms with Crippen molar-refractivity contribution >= 4 is 0 Å². The van der Waals surface area contributed by atoms with E-state index in [0.29, 0.717) is 0 Å². The van der Waals surface area contributed by atoms with Crippen LogP contribution in [0.15, 0.2) is 0 Å². The molecular weight excluding hydrogens is 1050 g/mol. The van der Waals surface area contributed by atoms with Crippen LogP contribution in [0.1, 0.15) is 20.8 Å². The molecule has 0 amide bonds. The maximum atomic E-state index is 14.0. The second-order valence-corrected chi connectivity index (χ2v) is 13.0. The van der Waals surface area contributed by atoms with E-state index in [0.717, 1.165) is 0 Å². The van der Waals surface area contributed by atoms with Crippen molar-refractivity contribution in [2.45, 2.75) is 139 Å². The van der Waals surface area contributed by atoms with Crippen molar-refractivity contribution in [3.05, 3.63) is 0 Å². The number of alkyl halides is 40. The maximum Gasteiger partial charge on any atom is 0.385 e. The lowest BCUT2D eigenvalue weighted by Gasteiger charge is -2.47. The summed E-state index contributed by atoms with van der Waals surface area (Å²) >= 11 is 0. The molecule has 0 rings (SSSR count). The predicted molar refractivity (Wildman–Crippen MR) is 119 cm³/mol. The quantitative estimate of drug-likeness (QED) is 0.107. The summed E-state index contributed by atoms with van der Waals surface area (Å²) in [5.41, 5.74) is 0. The topological polar surface area (TPSA) is 0 Å². The Labute approximate surface area is 322 Å². The van der Waals surface area contributed by atoms with Crippen LogP contribution in [0.25, 0.3) is 0 Å². The summed E-state index contributed by atoms with van der Waals surface area (Å²) in [5, 5.41) is 0. The highest BCUT2D eigenvalue weighted by atomic mass is 19.4. The van der Waals surface area contributed by atoms with Crippen LogP contribution in [0.4, 0.5) is 176 Å². The molecule has 0 N–H and O–H groups in total. The van der Waals surface area contributed by atoms with Gasteiger partial charge in [-0.1, -0.05) is 13.8 Å². The van der Waals surface area contributed by atoms with Gasteiger partial charge in [0.15, 0.2) is 0 Å². The van der Waals surface area contributed by atoms with Crippen LogP contribution in [0.3, 0.4) is 0 Å². The van der Waals surface area contributed by atoms with E-state index < -0.39 is 145 Å². The molecule has 0 atom stereocenters. The summed E-state index contributed by atoms with van der Waals surface area (Å²) in [6.45, 7) is -2.69. The lowest BCUT2D eigenvalue weighted by molar-refractivity contribution is -0.494. The monoisotopic (exact) mass is 1060 g/mol. The fraction of sp³-hybridized carbons (Fsp3) is 1.00. The molecule has 386 valence electrons. The van der Waals surface area contributed by atoms with Gasteiger partial charge in [0.2, 0.25) is 0 Å². The maximum absolute atomic E-state index is 14.0. The van der Waals surface area contributed by atoms with Crippen LogP contribution in [0.5, 0.6) is 0 Å². The van der Waals surface area contributed by atoms with Gasteiger partial charge in [-0.2, -0.15) is 176 Å². The van der Waals surface area contributed by atoms with Crippen molar-refractivity contribution in [3.8, 4) is 0 Å². The van der Waals surface area contributed by atoms with Crippen LogP contribution in [0, 0.1) is 5.92 Å². The van der Waals surface area contributed by atoms with E-state index in [-0.39, 0.29) is 0 Å². The zero-order valence-electron chi connectivity index (χ0n) is 28.7. The number of hydrogen-bond donors (Lipinski definition) is 0. The molecule has 0 aromatic rings. The normalized spacial score (nSPS) is 17.4. The molecule has 0 heterocycles. The van der Waals surface area contributed by atoms with Gasteiger partial charge in [0, 0.05) is 12.8 Å². The number of halogens is 40. The SMILES string of the molecule is CC(C)C(F)(F)C(F)(F)C(F)(F)C(F)(F)C(F)(F)C(F)(F)C(F)(F)C(F)(F)C(F)(F)C(F)(F)C(F)(F)C(F)(F)C(F)(F)C(F)(F)C(F)(F)C(F)(F)C(F)(F)C(F)(F)C(F)(F)C(C)(F)F. The molecule has 0 aromatic carbocycles. The molecule has 0 bridgehead atoms. The van der Waals surface area contributed by atoms with E-state index >= 15 is 0 Å². The van der Waals surface area contributed by atoms with Gasteiger partial charge in [0.1, 0.15) is 0 Å². The van der Waals surface area contributed by atoms with Gasteiger partial charge in [-0.05, 0) is 0 Å². The van der Waals surface area contributed by atoms with Gasteiger partial charge in [-0.15, -0.1) is 0 Å². The first kappa shape index (κ1) is 61.2. The van der Waals surface area contributed by atoms with Crippen molar-refractivity contribution in [2.75, 3.05) is 0 Å². The minimum atomic E-state index is -10.6. The van der Waals surface area contributed by atoms with E-state index in [1.54, 1.807) is 0 Å². The minimum Gasteiger partial charge on any atom is -0.200 e. The third kappa shape index (κ3) is 6.61. The second-order valence-electron chi connectivity index (χ2n) is 13.0. The smallest absolute Gasteiger partial charge is 0.200 e. The average molecular weight is 1060 g/mol. The molecule has 0 fully saturated rings. The zero-order valence-corrected chi connectivity index (χ0v) is 28.7. The molecule has 0 aliphatic heterocycles. The lowest BCUT2D eigenvalue weighted by Crippen LogP contribution is -2.80. The van der Waals surface area contributed by atoms with Crippen molar-refractivity contribution in [1.29, 1.82) is 0 Å². The van der Waals surface area contributed by atoms with Crippen LogP contribution >= 0.6 is 0 Å². The molecule has 64 heavy (non-hydrogen) atoms.